The summed E-state index contributed by atoms with van der Waals surface area (Å²) in [4.78, 5) is 13.0. The van der Waals surface area contributed by atoms with Crippen LogP contribution in [0.4, 0.5) is 23.8 Å². The van der Waals surface area contributed by atoms with E-state index in [0.29, 0.717) is 0 Å². The summed E-state index contributed by atoms with van der Waals surface area (Å²) in [6.45, 7) is -0.833. The van der Waals surface area contributed by atoms with Crippen LogP contribution in [-0.2, 0) is 16.9 Å². The highest BCUT2D eigenvalue weighted by Gasteiger charge is 2.40. The molecular weight excluding hydrogens is 415 g/mol. The van der Waals surface area contributed by atoms with Gasteiger partial charge >= 0.3 is 6.03 Å². The number of amides is 2. The number of anilines is 1. The second-order valence-electron chi connectivity index (χ2n) is 6.73. The topological polar surface area (TPSA) is 110 Å². The van der Waals surface area contributed by atoms with Crippen LogP contribution in [0.1, 0.15) is 25.0 Å². The molecule has 0 radical (unpaired) electrons. The summed E-state index contributed by atoms with van der Waals surface area (Å²) in [7, 11) is -3.04. The van der Waals surface area contributed by atoms with Crippen molar-refractivity contribution in [3.63, 3.8) is 0 Å². The minimum atomic E-state index is -4.36. The Labute approximate surface area is 164 Å². The number of carbonyl (C=O) groups is 1. The number of urea groups is 1. The van der Waals surface area contributed by atoms with Gasteiger partial charge in [0, 0.05) is 32.4 Å². The van der Waals surface area contributed by atoms with Gasteiger partial charge in [-0.25, -0.2) is 26.4 Å². The van der Waals surface area contributed by atoms with Gasteiger partial charge in [-0.1, -0.05) is 5.16 Å². The number of aromatic nitrogens is 3. The third-order valence-electron chi connectivity index (χ3n) is 4.91. The molecule has 0 spiro atoms. The highest BCUT2D eigenvalue weighted by Crippen LogP contribution is 2.33. The van der Waals surface area contributed by atoms with Gasteiger partial charge in [0.15, 0.2) is 15.7 Å². The van der Waals surface area contributed by atoms with E-state index in [9.17, 15) is 26.4 Å². The maximum absolute atomic E-state index is 13.8. The zero-order valence-corrected chi connectivity index (χ0v) is 16.3. The zero-order valence-electron chi connectivity index (χ0n) is 15.5. The Bertz CT molecular complexity index is 940. The van der Waals surface area contributed by atoms with Crippen molar-refractivity contribution in [2.24, 2.45) is 13.0 Å². The van der Waals surface area contributed by atoms with Gasteiger partial charge in [-0.3, -0.25) is 10.00 Å². The lowest BCUT2D eigenvalue weighted by atomic mass is 9.94. The summed E-state index contributed by atoms with van der Waals surface area (Å²) in [5.74, 6) is -0.385. The van der Waals surface area contributed by atoms with Crippen LogP contribution in [-0.4, -0.2) is 59.3 Å². The summed E-state index contributed by atoms with van der Waals surface area (Å²) in [5, 5.41) is 8.11. The normalized spacial score (nSPS) is 16.9. The van der Waals surface area contributed by atoms with Crippen LogP contribution in [0.15, 0.2) is 27.9 Å². The molecule has 13 heteroatoms. The molecule has 3 rings (SSSR count). The first-order valence-electron chi connectivity index (χ1n) is 8.82. The highest BCUT2D eigenvalue weighted by atomic mass is 32.2. The van der Waals surface area contributed by atoms with E-state index in [1.54, 1.807) is 0 Å². The van der Waals surface area contributed by atoms with E-state index in [1.165, 1.54) is 24.3 Å². The van der Waals surface area contributed by atoms with E-state index in [2.05, 4.69) is 20.1 Å². The molecule has 1 N–H and O–H groups in total. The minimum Gasteiger partial charge on any atom is -0.363 e. The van der Waals surface area contributed by atoms with E-state index in [-0.39, 0.29) is 31.7 Å². The summed E-state index contributed by atoms with van der Waals surface area (Å²) in [6, 6.07) is 1.02. The van der Waals surface area contributed by atoms with E-state index in [0.717, 1.165) is 10.9 Å². The fourth-order valence-electron chi connectivity index (χ4n) is 3.42. The SMILES string of the molecule is Cn1cc(S(=O)(=O)C(CF)C2CCN(C(=O)Nc3ccon3)CC2)c(C(F)F)n1. The molecule has 2 amide bonds. The number of nitrogens with zero attached hydrogens (tertiary/aromatic N) is 4. The maximum atomic E-state index is 13.8. The quantitative estimate of drug-likeness (QED) is 0.746. The Kier molecular flexibility index (Phi) is 6.15. The number of carbonyl (C=O) groups excluding carboxylic acids is 1. The Morgan fingerprint density at radius 1 is 1.38 bits per heavy atom. The number of alkyl halides is 3. The molecule has 0 saturated carbocycles. The van der Waals surface area contributed by atoms with Crippen LogP contribution < -0.4 is 5.32 Å². The van der Waals surface area contributed by atoms with Gasteiger partial charge in [0.25, 0.3) is 6.43 Å². The number of nitrogens with one attached hydrogen (secondary N) is 1. The first kappa shape index (κ1) is 21.1. The second kappa shape index (κ2) is 8.43. The first-order chi connectivity index (χ1) is 13.7. The van der Waals surface area contributed by atoms with E-state index < -0.39 is 50.7 Å². The van der Waals surface area contributed by atoms with Crippen molar-refractivity contribution < 1.29 is 30.9 Å². The molecule has 1 fully saturated rings. The van der Waals surface area contributed by atoms with Gasteiger partial charge in [0.2, 0.25) is 0 Å². The second-order valence-corrected chi connectivity index (χ2v) is 8.87. The zero-order chi connectivity index (χ0) is 21.2. The molecule has 1 aliphatic heterocycles. The van der Waals surface area contributed by atoms with E-state index >= 15 is 0 Å². The van der Waals surface area contributed by atoms with Crippen molar-refractivity contribution in [3.05, 3.63) is 24.2 Å². The lowest BCUT2D eigenvalue weighted by Gasteiger charge is -2.34. The molecule has 2 aromatic rings. The van der Waals surface area contributed by atoms with Crippen molar-refractivity contribution in [2.45, 2.75) is 29.4 Å². The Balaban J connectivity index is 1.70. The number of likely N-dealkylation sites (tertiary alicyclic amines) is 1. The molecule has 29 heavy (non-hydrogen) atoms. The third-order valence-corrected chi connectivity index (χ3v) is 7.15. The van der Waals surface area contributed by atoms with Crippen LogP contribution in [0.25, 0.3) is 0 Å². The molecule has 2 aromatic heterocycles. The standard InChI is InChI=1S/C16H20F3N5O4S/c1-23-9-12(14(21-23)15(18)19)29(26,27)11(8-17)10-2-5-24(6-3-10)16(25)20-13-4-7-28-22-13/h4,7,9-11,15H,2-3,5-6,8H2,1H3,(H,20,22,25). The summed E-state index contributed by atoms with van der Waals surface area (Å²) >= 11 is 0. The summed E-state index contributed by atoms with van der Waals surface area (Å²) in [5.41, 5.74) is -0.879. The molecule has 1 atom stereocenters. The number of halogens is 3. The lowest BCUT2D eigenvalue weighted by Crippen LogP contribution is -2.45. The van der Waals surface area contributed by atoms with Gasteiger partial charge in [0.1, 0.15) is 23.5 Å². The number of rotatable bonds is 6. The third kappa shape index (κ3) is 4.38. The average Bonchev–Trinajstić information content (AvgIpc) is 3.32. The monoisotopic (exact) mass is 435 g/mol. The average molecular weight is 435 g/mol. The Hall–Kier alpha value is -2.57. The molecular formula is C16H20F3N5O4S. The van der Waals surface area contributed by atoms with Gasteiger partial charge in [0.05, 0.1) is 5.25 Å². The number of hydrogen-bond acceptors (Lipinski definition) is 6. The fraction of sp³-hybridized carbons (Fsp3) is 0.562. The van der Waals surface area contributed by atoms with Crippen molar-refractivity contribution >= 4 is 21.7 Å². The molecule has 0 aliphatic carbocycles. The smallest absolute Gasteiger partial charge is 0.323 e. The van der Waals surface area contributed by atoms with Crippen molar-refractivity contribution in [3.8, 4) is 0 Å². The molecule has 9 nitrogen and oxygen atoms in total. The maximum Gasteiger partial charge on any atom is 0.323 e. The van der Waals surface area contributed by atoms with Crippen LogP contribution in [0.2, 0.25) is 0 Å². The number of piperidine rings is 1. The van der Waals surface area contributed by atoms with Gasteiger partial charge < -0.3 is 9.42 Å². The van der Waals surface area contributed by atoms with Crippen LogP contribution in [0.3, 0.4) is 0 Å². The highest BCUT2D eigenvalue weighted by molar-refractivity contribution is 7.92. The van der Waals surface area contributed by atoms with E-state index in [1.807, 2.05) is 0 Å². The van der Waals surface area contributed by atoms with Crippen molar-refractivity contribution in [2.75, 3.05) is 25.1 Å². The van der Waals surface area contributed by atoms with Gasteiger partial charge in [-0.15, -0.1) is 0 Å². The van der Waals surface area contributed by atoms with Gasteiger partial charge in [-0.2, -0.15) is 5.10 Å². The lowest BCUT2D eigenvalue weighted by molar-refractivity contribution is 0.141. The van der Waals surface area contributed by atoms with Gasteiger partial charge in [-0.05, 0) is 18.8 Å². The van der Waals surface area contributed by atoms with Crippen LogP contribution in [0, 0.1) is 5.92 Å². The minimum absolute atomic E-state index is 0.190. The predicted octanol–water partition coefficient (Wildman–Crippen LogP) is 2.40. The summed E-state index contributed by atoms with van der Waals surface area (Å²) < 4.78 is 71.5. The fourth-order valence-corrected chi connectivity index (χ4v) is 5.41. The number of sulfone groups is 1. The Morgan fingerprint density at radius 3 is 2.62 bits per heavy atom. The Morgan fingerprint density at radius 2 is 2.07 bits per heavy atom. The molecule has 1 aliphatic rings. The van der Waals surface area contributed by atoms with Crippen molar-refractivity contribution in [1.82, 2.24) is 19.8 Å². The summed E-state index contributed by atoms with van der Waals surface area (Å²) in [6.07, 6.45) is -0.400. The van der Waals surface area contributed by atoms with Crippen LogP contribution in [0.5, 0.6) is 0 Å². The van der Waals surface area contributed by atoms with E-state index in [4.69, 9.17) is 0 Å². The number of hydrogen-bond donors (Lipinski definition) is 1. The molecule has 0 bridgehead atoms. The molecule has 1 saturated heterocycles. The van der Waals surface area contributed by atoms with Crippen LogP contribution >= 0.6 is 0 Å². The first-order valence-corrected chi connectivity index (χ1v) is 10.4. The molecule has 3 heterocycles. The largest absolute Gasteiger partial charge is 0.363 e. The molecule has 0 aromatic carbocycles. The number of aryl methyl sites for hydroxylation is 1. The molecule has 160 valence electrons. The molecule has 1 unspecified atom stereocenters. The van der Waals surface area contributed by atoms with Crippen molar-refractivity contribution in [1.29, 1.82) is 0 Å². The predicted molar refractivity (Wildman–Crippen MR) is 94.9 cm³/mol.